The van der Waals surface area contributed by atoms with Crippen LogP contribution in [-0.2, 0) is 4.74 Å². The van der Waals surface area contributed by atoms with Gasteiger partial charge in [-0.15, -0.1) is 0 Å². The summed E-state index contributed by atoms with van der Waals surface area (Å²) in [7, 11) is 0. The zero-order chi connectivity index (χ0) is 18.9. The fourth-order valence-electron chi connectivity index (χ4n) is 2.07. The van der Waals surface area contributed by atoms with Gasteiger partial charge in [0.25, 0.3) is 0 Å². The van der Waals surface area contributed by atoms with E-state index in [0.717, 1.165) is 19.3 Å². The largest absolute Gasteiger partial charge is 0.457 e. The molecule has 0 aliphatic rings. The molecular weight excluding hydrogens is 343 g/mol. The van der Waals surface area contributed by atoms with Crippen LogP contribution >= 0.6 is 0 Å². The number of unbranched alkanes of at least 4 members (excludes halogenated alkanes) is 3. The lowest BCUT2D eigenvalue weighted by atomic mass is 10.1. The van der Waals surface area contributed by atoms with Crippen LogP contribution < -0.4 is 0 Å². The monoisotopic (exact) mass is 364 g/mol. The fraction of sp³-hybridized carbons (Fsp3) is 0.500. The predicted molar refractivity (Wildman–Crippen MR) is 84.5 cm³/mol. The van der Waals surface area contributed by atoms with E-state index < -0.39 is 24.2 Å². The lowest BCUT2D eigenvalue weighted by Gasteiger charge is -2.18. The Kier molecular flexibility index (Phi) is 8.06. The van der Waals surface area contributed by atoms with Gasteiger partial charge in [-0.2, -0.15) is 22.0 Å². The number of allylic oxidation sites excluding steroid dienone is 1. The van der Waals surface area contributed by atoms with E-state index in [2.05, 4.69) is 0 Å². The molecule has 1 unspecified atom stereocenters. The number of ether oxygens (including phenoxy) is 1. The average molecular weight is 364 g/mol. The van der Waals surface area contributed by atoms with Gasteiger partial charge in [0.05, 0.1) is 5.56 Å². The van der Waals surface area contributed by atoms with E-state index in [9.17, 15) is 26.7 Å². The Bertz CT molecular complexity index is 552. The molecular formula is C18H21F5O2. The van der Waals surface area contributed by atoms with Crippen LogP contribution in [0.15, 0.2) is 42.5 Å². The summed E-state index contributed by atoms with van der Waals surface area (Å²) in [6.45, 7) is 1.98. The third kappa shape index (κ3) is 7.23. The number of hydrogen-bond donors (Lipinski definition) is 0. The maximum atomic E-state index is 13.0. The first-order valence-electron chi connectivity index (χ1n) is 8.07. The van der Waals surface area contributed by atoms with Gasteiger partial charge in [0.15, 0.2) is 0 Å². The SMILES string of the molecule is CCCCCCC(/C=C/C(F)(F)C(F)(F)F)OC(=O)c1ccccc1. The second-order valence-electron chi connectivity index (χ2n) is 5.64. The van der Waals surface area contributed by atoms with Crippen LogP contribution in [0.3, 0.4) is 0 Å². The number of halogens is 5. The van der Waals surface area contributed by atoms with E-state index >= 15 is 0 Å². The number of carbonyl (C=O) groups excluding carboxylic acids is 1. The first-order chi connectivity index (χ1) is 11.7. The highest BCUT2D eigenvalue weighted by Crippen LogP contribution is 2.36. The Morgan fingerprint density at radius 3 is 2.28 bits per heavy atom. The lowest BCUT2D eigenvalue weighted by molar-refractivity contribution is -0.259. The molecule has 140 valence electrons. The van der Waals surface area contributed by atoms with Gasteiger partial charge in [-0.1, -0.05) is 44.4 Å². The molecule has 0 heterocycles. The molecule has 1 aromatic carbocycles. The normalized spacial score (nSPS) is 13.8. The standard InChI is InChI=1S/C18H21F5O2/c1-2-3-4-8-11-15(12-13-17(19,20)18(21,22)23)25-16(24)14-9-6-5-7-10-14/h5-7,9-10,12-13,15H,2-4,8,11H2,1H3/b13-12+. The predicted octanol–water partition coefficient (Wildman–Crippen LogP) is 5.94. The highest BCUT2D eigenvalue weighted by molar-refractivity contribution is 5.89. The average Bonchev–Trinajstić information content (AvgIpc) is 2.56. The zero-order valence-corrected chi connectivity index (χ0v) is 13.9. The highest BCUT2D eigenvalue weighted by Gasteiger charge is 2.55. The summed E-state index contributed by atoms with van der Waals surface area (Å²) in [6.07, 6.45) is -3.07. The van der Waals surface area contributed by atoms with Gasteiger partial charge in [0.1, 0.15) is 6.10 Å². The topological polar surface area (TPSA) is 26.3 Å². The van der Waals surface area contributed by atoms with E-state index in [-0.39, 0.29) is 18.1 Å². The maximum Gasteiger partial charge on any atom is 0.457 e. The van der Waals surface area contributed by atoms with Crippen molar-refractivity contribution in [1.29, 1.82) is 0 Å². The van der Waals surface area contributed by atoms with Crippen molar-refractivity contribution in [3.63, 3.8) is 0 Å². The van der Waals surface area contributed by atoms with Crippen molar-refractivity contribution < 1.29 is 31.5 Å². The second kappa shape index (κ2) is 9.53. The number of esters is 1. The minimum Gasteiger partial charge on any atom is -0.455 e. The van der Waals surface area contributed by atoms with Gasteiger partial charge >= 0.3 is 18.1 Å². The number of hydrogen-bond acceptors (Lipinski definition) is 2. The molecule has 25 heavy (non-hydrogen) atoms. The van der Waals surface area contributed by atoms with Crippen molar-refractivity contribution in [2.45, 2.75) is 57.2 Å². The second-order valence-corrected chi connectivity index (χ2v) is 5.64. The van der Waals surface area contributed by atoms with E-state index in [1.165, 1.54) is 12.1 Å². The summed E-state index contributed by atoms with van der Waals surface area (Å²) in [5, 5.41) is 0. The minimum absolute atomic E-state index is 0.184. The molecule has 0 fully saturated rings. The summed E-state index contributed by atoms with van der Waals surface area (Å²) in [4.78, 5) is 12.0. The van der Waals surface area contributed by atoms with Crippen molar-refractivity contribution in [3.8, 4) is 0 Å². The van der Waals surface area contributed by atoms with Crippen LogP contribution in [0.4, 0.5) is 22.0 Å². The van der Waals surface area contributed by atoms with Gasteiger partial charge in [-0.05, 0) is 37.1 Å². The van der Waals surface area contributed by atoms with Gasteiger partial charge < -0.3 is 4.74 Å². The summed E-state index contributed by atoms with van der Waals surface area (Å²) < 4.78 is 67.9. The first-order valence-corrected chi connectivity index (χ1v) is 8.07. The van der Waals surface area contributed by atoms with Gasteiger partial charge in [-0.25, -0.2) is 4.79 Å². The Morgan fingerprint density at radius 1 is 1.08 bits per heavy atom. The Balaban J connectivity index is 2.80. The van der Waals surface area contributed by atoms with Crippen LogP contribution in [0, 0.1) is 0 Å². The molecule has 0 amide bonds. The Labute approximate surface area is 143 Å². The van der Waals surface area contributed by atoms with E-state index in [4.69, 9.17) is 4.74 Å². The van der Waals surface area contributed by atoms with Crippen molar-refractivity contribution in [3.05, 3.63) is 48.0 Å². The summed E-state index contributed by atoms with van der Waals surface area (Å²) >= 11 is 0. The molecule has 0 bridgehead atoms. The maximum absolute atomic E-state index is 13.0. The molecule has 2 nitrogen and oxygen atoms in total. The summed E-state index contributed by atoms with van der Waals surface area (Å²) in [6, 6.07) is 7.83. The highest BCUT2D eigenvalue weighted by atomic mass is 19.4. The van der Waals surface area contributed by atoms with Crippen LogP contribution in [0.1, 0.15) is 49.4 Å². The van der Waals surface area contributed by atoms with Crippen LogP contribution in [0.5, 0.6) is 0 Å². The molecule has 0 saturated carbocycles. The molecule has 0 spiro atoms. The van der Waals surface area contributed by atoms with E-state index in [1.807, 2.05) is 6.92 Å². The number of alkyl halides is 5. The third-order valence-electron chi connectivity index (χ3n) is 3.51. The third-order valence-corrected chi connectivity index (χ3v) is 3.51. The first kappa shape index (κ1) is 21.1. The van der Waals surface area contributed by atoms with E-state index in [1.54, 1.807) is 18.2 Å². The number of rotatable bonds is 9. The van der Waals surface area contributed by atoms with Gasteiger partial charge in [-0.3, -0.25) is 0 Å². The molecule has 0 aliphatic heterocycles. The van der Waals surface area contributed by atoms with Crippen molar-refractivity contribution in [2.24, 2.45) is 0 Å². The van der Waals surface area contributed by atoms with Crippen molar-refractivity contribution in [2.75, 3.05) is 0 Å². The van der Waals surface area contributed by atoms with Crippen LogP contribution in [0.25, 0.3) is 0 Å². The summed E-state index contributed by atoms with van der Waals surface area (Å²) in [5.41, 5.74) is 0.206. The zero-order valence-electron chi connectivity index (χ0n) is 13.9. The minimum atomic E-state index is -5.68. The molecule has 0 aromatic heterocycles. The molecule has 7 heteroatoms. The summed E-state index contributed by atoms with van der Waals surface area (Å²) in [5.74, 6) is -5.73. The Hall–Kier alpha value is -1.92. The van der Waals surface area contributed by atoms with Crippen molar-refractivity contribution in [1.82, 2.24) is 0 Å². The smallest absolute Gasteiger partial charge is 0.455 e. The van der Waals surface area contributed by atoms with Crippen molar-refractivity contribution >= 4 is 5.97 Å². The molecule has 0 aliphatic carbocycles. The van der Waals surface area contributed by atoms with Crippen LogP contribution in [0.2, 0.25) is 0 Å². The number of carbonyl (C=O) groups is 1. The molecule has 0 saturated heterocycles. The molecule has 1 aromatic rings. The molecule has 0 radical (unpaired) electrons. The molecule has 1 atom stereocenters. The molecule has 0 N–H and O–H groups in total. The molecule has 1 rings (SSSR count). The Morgan fingerprint density at radius 2 is 1.72 bits per heavy atom. The quantitative estimate of drug-likeness (QED) is 0.235. The number of benzene rings is 1. The fourth-order valence-corrected chi connectivity index (χ4v) is 2.07. The lowest BCUT2D eigenvalue weighted by Crippen LogP contribution is -2.34. The van der Waals surface area contributed by atoms with E-state index in [0.29, 0.717) is 12.5 Å². The van der Waals surface area contributed by atoms with Gasteiger partial charge in [0, 0.05) is 0 Å². The van der Waals surface area contributed by atoms with Gasteiger partial charge in [0.2, 0.25) is 0 Å². The van der Waals surface area contributed by atoms with Crippen LogP contribution in [-0.4, -0.2) is 24.2 Å².